The summed E-state index contributed by atoms with van der Waals surface area (Å²) in [6.45, 7) is 0.456. The average Bonchev–Trinajstić information content (AvgIpc) is 2.07. The van der Waals surface area contributed by atoms with E-state index in [2.05, 4.69) is 4.74 Å². The van der Waals surface area contributed by atoms with Crippen molar-refractivity contribution >= 4 is 0 Å². The van der Waals surface area contributed by atoms with E-state index in [0.29, 0.717) is 11.1 Å². The minimum atomic E-state index is -2.81. The summed E-state index contributed by atoms with van der Waals surface area (Å²) < 4.78 is 28.0. The smallest absolute Gasteiger partial charge is 0.387 e. The number of alkyl halides is 2. The van der Waals surface area contributed by atoms with E-state index in [1.165, 1.54) is 6.07 Å². The molecule has 0 aliphatic carbocycles. The molecule has 0 amide bonds. The van der Waals surface area contributed by atoms with E-state index in [1.54, 1.807) is 26.0 Å². The lowest BCUT2D eigenvalue weighted by molar-refractivity contribution is -0.0503. The van der Waals surface area contributed by atoms with Gasteiger partial charge in [-0.05, 0) is 37.1 Å². The van der Waals surface area contributed by atoms with E-state index < -0.39 is 12.7 Å². The molecule has 0 spiro atoms. The van der Waals surface area contributed by atoms with Crippen LogP contribution in [0.1, 0.15) is 24.2 Å². The second-order valence-corrected chi connectivity index (χ2v) is 3.08. The van der Waals surface area contributed by atoms with Crippen molar-refractivity contribution in [2.24, 2.45) is 0 Å². The van der Waals surface area contributed by atoms with Gasteiger partial charge in [0.05, 0.1) is 6.10 Å². The van der Waals surface area contributed by atoms with E-state index in [4.69, 9.17) is 0 Å². The number of aliphatic hydroxyl groups is 1. The molecule has 0 saturated carbocycles. The molecule has 0 bridgehead atoms. The molecule has 1 atom stereocenters. The summed E-state index contributed by atoms with van der Waals surface area (Å²) in [5.74, 6) is 0.143. The quantitative estimate of drug-likeness (QED) is 0.816. The minimum Gasteiger partial charge on any atom is -0.435 e. The van der Waals surface area contributed by atoms with Gasteiger partial charge in [0, 0.05) is 0 Å². The maximum absolute atomic E-state index is 11.9. The summed E-state index contributed by atoms with van der Waals surface area (Å²) in [6.07, 6.45) is -0.603. The highest BCUT2D eigenvalue weighted by molar-refractivity contribution is 5.36. The zero-order valence-electron chi connectivity index (χ0n) is 8.00. The second-order valence-electron chi connectivity index (χ2n) is 3.08. The Hall–Kier alpha value is -1.16. The van der Waals surface area contributed by atoms with Crippen LogP contribution >= 0.6 is 0 Å². The molecule has 0 aliphatic heterocycles. The molecule has 4 heteroatoms. The number of halogens is 2. The summed E-state index contributed by atoms with van der Waals surface area (Å²) in [7, 11) is 0. The fourth-order valence-corrected chi connectivity index (χ4v) is 1.16. The topological polar surface area (TPSA) is 29.5 Å². The number of hydrogen-bond donors (Lipinski definition) is 1. The lowest BCUT2D eigenvalue weighted by Gasteiger charge is -2.10. The lowest BCUT2D eigenvalue weighted by Crippen LogP contribution is -2.03. The Balaban J connectivity index is 2.90. The summed E-state index contributed by atoms with van der Waals surface area (Å²) in [4.78, 5) is 0. The number of hydrogen-bond acceptors (Lipinski definition) is 2. The first kappa shape index (κ1) is 10.9. The van der Waals surface area contributed by atoms with E-state index in [-0.39, 0.29) is 5.75 Å². The Morgan fingerprint density at radius 2 is 2.00 bits per heavy atom. The molecule has 0 saturated heterocycles. The Labute approximate surface area is 81.1 Å². The Morgan fingerprint density at radius 1 is 1.36 bits per heavy atom. The van der Waals surface area contributed by atoms with Crippen LogP contribution < -0.4 is 4.74 Å². The molecule has 1 N–H and O–H groups in total. The molecule has 1 aromatic carbocycles. The maximum atomic E-state index is 11.9. The number of ether oxygens (including phenoxy) is 1. The maximum Gasteiger partial charge on any atom is 0.387 e. The SMILES string of the molecule is Cc1cc([C@H](C)O)ccc1OC(F)F. The number of benzene rings is 1. The highest BCUT2D eigenvalue weighted by Crippen LogP contribution is 2.23. The molecule has 0 heterocycles. The third kappa shape index (κ3) is 2.67. The van der Waals surface area contributed by atoms with Gasteiger partial charge in [0.15, 0.2) is 0 Å². The third-order valence-corrected chi connectivity index (χ3v) is 1.90. The van der Waals surface area contributed by atoms with Crippen molar-refractivity contribution in [3.63, 3.8) is 0 Å². The van der Waals surface area contributed by atoms with Crippen molar-refractivity contribution in [1.29, 1.82) is 0 Å². The Bertz CT molecular complexity index is 311. The van der Waals surface area contributed by atoms with Gasteiger partial charge >= 0.3 is 6.61 Å². The standard InChI is InChI=1S/C10H12F2O2/c1-6-5-8(7(2)13)3-4-9(6)14-10(11)12/h3-5,7,10,13H,1-2H3/t7-/m0/s1. The van der Waals surface area contributed by atoms with Crippen molar-refractivity contribution < 1.29 is 18.6 Å². The molecule has 0 aliphatic rings. The number of aliphatic hydroxyl groups excluding tert-OH is 1. The molecule has 14 heavy (non-hydrogen) atoms. The van der Waals surface area contributed by atoms with Crippen LogP contribution in [0, 0.1) is 6.92 Å². The molecule has 0 radical (unpaired) electrons. The minimum absolute atomic E-state index is 0.143. The van der Waals surface area contributed by atoms with Crippen LogP contribution in [0.5, 0.6) is 5.75 Å². The van der Waals surface area contributed by atoms with Crippen molar-refractivity contribution in [3.8, 4) is 5.75 Å². The molecule has 0 unspecified atom stereocenters. The molecule has 2 nitrogen and oxygen atoms in total. The summed E-state index contributed by atoms with van der Waals surface area (Å²) >= 11 is 0. The molecular weight excluding hydrogens is 190 g/mol. The fourth-order valence-electron chi connectivity index (χ4n) is 1.16. The highest BCUT2D eigenvalue weighted by atomic mass is 19.3. The predicted molar refractivity (Wildman–Crippen MR) is 48.4 cm³/mol. The van der Waals surface area contributed by atoms with Gasteiger partial charge in [-0.25, -0.2) is 0 Å². The van der Waals surface area contributed by atoms with E-state index in [0.717, 1.165) is 0 Å². The molecule has 1 rings (SSSR count). The van der Waals surface area contributed by atoms with Crippen molar-refractivity contribution in [1.82, 2.24) is 0 Å². The summed E-state index contributed by atoms with van der Waals surface area (Å²) in [6, 6.07) is 4.63. The summed E-state index contributed by atoms with van der Waals surface area (Å²) in [5, 5.41) is 9.23. The zero-order valence-corrected chi connectivity index (χ0v) is 8.00. The van der Waals surface area contributed by atoms with Gasteiger partial charge < -0.3 is 9.84 Å². The normalized spacial score (nSPS) is 13.0. The molecular formula is C10H12F2O2. The lowest BCUT2D eigenvalue weighted by atomic mass is 10.1. The monoisotopic (exact) mass is 202 g/mol. The van der Waals surface area contributed by atoms with Crippen LogP contribution in [0.2, 0.25) is 0 Å². The van der Waals surface area contributed by atoms with E-state index in [1.807, 2.05) is 0 Å². The first-order valence-electron chi connectivity index (χ1n) is 4.24. The zero-order chi connectivity index (χ0) is 10.7. The van der Waals surface area contributed by atoms with Crippen molar-refractivity contribution in [2.75, 3.05) is 0 Å². The second kappa shape index (κ2) is 4.37. The number of rotatable bonds is 3. The first-order chi connectivity index (χ1) is 6.50. The number of aryl methyl sites for hydroxylation is 1. The van der Waals surface area contributed by atoms with Gasteiger partial charge in [-0.3, -0.25) is 0 Å². The van der Waals surface area contributed by atoms with Gasteiger partial charge in [0.1, 0.15) is 5.75 Å². The predicted octanol–water partition coefficient (Wildman–Crippen LogP) is 2.65. The van der Waals surface area contributed by atoms with Crippen LogP contribution in [-0.4, -0.2) is 11.7 Å². The molecule has 1 aromatic rings. The van der Waals surface area contributed by atoms with Gasteiger partial charge in [0.25, 0.3) is 0 Å². The van der Waals surface area contributed by atoms with E-state index in [9.17, 15) is 13.9 Å². The van der Waals surface area contributed by atoms with Gasteiger partial charge in [-0.15, -0.1) is 0 Å². The fraction of sp³-hybridized carbons (Fsp3) is 0.400. The van der Waals surface area contributed by atoms with Crippen LogP contribution in [0.4, 0.5) is 8.78 Å². The Morgan fingerprint density at radius 3 is 2.43 bits per heavy atom. The Kier molecular flexibility index (Phi) is 3.41. The van der Waals surface area contributed by atoms with Crippen LogP contribution in [-0.2, 0) is 0 Å². The van der Waals surface area contributed by atoms with Crippen LogP contribution in [0.25, 0.3) is 0 Å². The van der Waals surface area contributed by atoms with Crippen LogP contribution in [0.3, 0.4) is 0 Å². The third-order valence-electron chi connectivity index (χ3n) is 1.90. The van der Waals surface area contributed by atoms with Gasteiger partial charge in [-0.2, -0.15) is 8.78 Å². The first-order valence-corrected chi connectivity index (χ1v) is 4.24. The molecule has 0 aromatic heterocycles. The molecule has 78 valence electrons. The van der Waals surface area contributed by atoms with E-state index >= 15 is 0 Å². The van der Waals surface area contributed by atoms with Crippen molar-refractivity contribution in [3.05, 3.63) is 29.3 Å². The van der Waals surface area contributed by atoms with Gasteiger partial charge in [-0.1, -0.05) is 6.07 Å². The summed E-state index contributed by atoms with van der Waals surface area (Å²) in [5.41, 5.74) is 1.27. The largest absolute Gasteiger partial charge is 0.435 e. The molecule has 0 fully saturated rings. The van der Waals surface area contributed by atoms with Crippen LogP contribution in [0.15, 0.2) is 18.2 Å². The van der Waals surface area contributed by atoms with Crippen molar-refractivity contribution in [2.45, 2.75) is 26.6 Å². The average molecular weight is 202 g/mol. The van der Waals surface area contributed by atoms with Gasteiger partial charge in [0.2, 0.25) is 0 Å². The highest BCUT2D eigenvalue weighted by Gasteiger charge is 2.08.